The minimum atomic E-state index is -4.57. The molecule has 0 amide bonds. The highest BCUT2D eigenvalue weighted by atomic mass is 32.3. The number of hydrogen-bond donors (Lipinski definition) is 1. The Morgan fingerprint density at radius 3 is 1.60 bits per heavy atom. The summed E-state index contributed by atoms with van der Waals surface area (Å²) in [6.07, 6.45) is -0.0831. The molecule has 0 fully saturated rings. The monoisotopic (exact) mass is 350 g/mol. The van der Waals surface area contributed by atoms with Crippen LogP contribution in [0.2, 0.25) is 0 Å². The molecule has 0 aromatic rings. The fourth-order valence-electron chi connectivity index (χ4n) is 1.58. The zero-order valence-corrected chi connectivity index (χ0v) is 13.2. The maximum Gasteiger partial charge on any atom is 0.510 e. The Morgan fingerprint density at radius 2 is 1.35 bits per heavy atom. The van der Waals surface area contributed by atoms with Crippen molar-refractivity contribution < 1.29 is 39.9 Å². The molecule has 0 unspecified atom stereocenters. The van der Waals surface area contributed by atoms with Crippen LogP contribution in [0.25, 0.3) is 0 Å². The first-order chi connectivity index (χ1) is 8.67. The lowest BCUT2D eigenvalue weighted by molar-refractivity contribution is 0.128. The Labute approximate surface area is 117 Å². The van der Waals surface area contributed by atoms with E-state index in [1.165, 1.54) is 0 Å². The minimum Gasteiger partial charge on any atom is -0.449 e. The molecule has 20 heavy (non-hydrogen) atoms. The predicted octanol–water partition coefficient (Wildman–Crippen LogP) is -0.628. The van der Waals surface area contributed by atoms with Gasteiger partial charge in [0.2, 0.25) is 0 Å². The quantitative estimate of drug-likeness (QED) is 0.488. The van der Waals surface area contributed by atoms with Gasteiger partial charge >= 0.3 is 6.16 Å². The molecule has 12 heteroatoms. The summed E-state index contributed by atoms with van der Waals surface area (Å²) in [4.78, 5) is 10.1. The van der Waals surface area contributed by atoms with E-state index in [-0.39, 0.29) is 0 Å². The van der Waals surface area contributed by atoms with Gasteiger partial charge in [0, 0.05) is 25.2 Å². The normalized spacial score (nSPS) is 14.3. The van der Waals surface area contributed by atoms with E-state index in [1.54, 1.807) is 0 Å². The molecule has 0 aliphatic rings. The predicted molar refractivity (Wildman–Crippen MR) is 70.1 cm³/mol. The summed E-state index contributed by atoms with van der Waals surface area (Å²) in [6.45, 7) is 0. The van der Waals surface area contributed by atoms with E-state index in [2.05, 4.69) is 4.74 Å². The molecule has 0 aliphatic carbocycles. The van der Waals surface area contributed by atoms with Crippen LogP contribution >= 0.6 is 0 Å². The first-order valence-electron chi connectivity index (χ1n) is 4.80. The van der Waals surface area contributed by atoms with Gasteiger partial charge in [0.15, 0.2) is 29.5 Å². The molecule has 1 N–H and O–H groups in total. The van der Waals surface area contributed by atoms with E-state index >= 15 is 0 Å². The number of carbonyl (C=O) groups is 1. The standard InChI is InChI=1S/C8H14O9S3/c1-18(11,12)8(19(2,13)14,20(3,15)16)5-4-6-17-7(9)10/h4,6H,5H2,1-3H3,(H,9,10). The van der Waals surface area contributed by atoms with Gasteiger partial charge in [0.25, 0.3) is 3.41 Å². The van der Waals surface area contributed by atoms with Crippen molar-refractivity contribution in [3.63, 3.8) is 0 Å². The number of rotatable bonds is 6. The molecule has 0 atom stereocenters. The number of ether oxygens (including phenoxy) is 1. The fraction of sp³-hybridized carbons (Fsp3) is 0.625. The van der Waals surface area contributed by atoms with Crippen molar-refractivity contribution in [3.8, 4) is 0 Å². The number of hydrogen-bond acceptors (Lipinski definition) is 8. The first-order valence-corrected chi connectivity index (χ1v) is 10.5. The molecule has 9 nitrogen and oxygen atoms in total. The van der Waals surface area contributed by atoms with Gasteiger partial charge in [-0.05, 0) is 6.08 Å². The van der Waals surface area contributed by atoms with Crippen molar-refractivity contribution in [2.75, 3.05) is 18.8 Å². The summed E-state index contributed by atoms with van der Waals surface area (Å²) in [7, 11) is -13.7. The van der Waals surface area contributed by atoms with Crippen LogP contribution in [-0.4, -0.2) is 58.7 Å². The summed E-state index contributed by atoms with van der Waals surface area (Å²) < 4.78 is 71.2. The van der Waals surface area contributed by atoms with Crippen LogP contribution in [-0.2, 0) is 34.2 Å². The fourth-order valence-corrected chi connectivity index (χ4v) is 9.37. The van der Waals surface area contributed by atoms with E-state index in [9.17, 15) is 30.0 Å². The lowest BCUT2D eigenvalue weighted by Crippen LogP contribution is -2.51. The van der Waals surface area contributed by atoms with E-state index in [1.807, 2.05) is 0 Å². The summed E-state index contributed by atoms with van der Waals surface area (Å²) in [5.74, 6) is 0. The summed E-state index contributed by atoms with van der Waals surface area (Å²) in [6, 6.07) is 0. The van der Waals surface area contributed by atoms with Crippen molar-refractivity contribution >= 4 is 35.7 Å². The second-order valence-electron chi connectivity index (χ2n) is 3.96. The van der Waals surface area contributed by atoms with Crippen molar-refractivity contribution in [1.82, 2.24) is 0 Å². The largest absolute Gasteiger partial charge is 0.510 e. The first kappa shape index (κ1) is 18.9. The average Bonchev–Trinajstić information content (AvgIpc) is 2.09. The summed E-state index contributed by atoms with van der Waals surface area (Å²) >= 11 is 0. The van der Waals surface area contributed by atoms with Crippen molar-refractivity contribution in [1.29, 1.82) is 0 Å². The van der Waals surface area contributed by atoms with Gasteiger partial charge in [-0.2, -0.15) is 0 Å². The van der Waals surface area contributed by atoms with Crippen LogP contribution in [0, 0.1) is 0 Å². The van der Waals surface area contributed by atoms with Crippen LogP contribution in [0.4, 0.5) is 4.79 Å². The second-order valence-corrected chi connectivity index (χ2v) is 11.5. The highest BCUT2D eigenvalue weighted by Gasteiger charge is 2.58. The average molecular weight is 350 g/mol. The number of sulfone groups is 3. The summed E-state index contributed by atoms with van der Waals surface area (Å²) in [5.41, 5.74) is 0. The molecule has 118 valence electrons. The van der Waals surface area contributed by atoms with Crippen LogP contribution < -0.4 is 0 Å². The molecule has 0 bridgehead atoms. The molecule has 0 aliphatic heterocycles. The van der Waals surface area contributed by atoms with E-state index in [4.69, 9.17) is 5.11 Å². The lowest BCUT2D eigenvalue weighted by Gasteiger charge is -2.26. The van der Waals surface area contributed by atoms with Gasteiger partial charge in [-0.3, -0.25) is 0 Å². The Hall–Kier alpha value is -1.14. The molecule has 0 heterocycles. The molecule has 0 aromatic heterocycles. The van der Waals surface area contributed by atoms with Gasteiger partial charge in [0.05, 0.1) is 6.26 Å². The highest BCUT2D eigenvalue weighted by molar-refractivity contribution is 8.25. The van der Waals surface area contributed by atoms with E-state index in [0.717, 1.165) is 0 Å². The van der Waals surface area contributed by atoms with E-state index < -0.39 is 45.5 Å². The minimum absolute atomic E-state index is 0.473. The van der Waals surface area contributed by atoms with Gasteiger partial charge in [-0.15, -0.1) is 0 Å². The van der Waals surface area contributed by atoms with Crippen molar-refractivity contribution in [2.24, 2.45) is 0 Å². The van der Waals surface area contributed by atoms with Gasteiger partial charge in [0.1, 0.15) is 0 Å². The molecule has 0 radical (unpaired) electrons. The van der Waals surface area contributed by atoms with Crippen LogP contribution in [0.3, 0.4) is 0 Å². The van der Waals surface area contributed by atoms with E-state index in [0.29, 0.717) is 31.1 Å². The van der Waals surface area contributed by atoms with Crippen LogP contribution in [0.1, 0.15) is 6.42 Å². The number of allylic oxidation sites excluding steroid dienone is 1. The zero-order valence-electron chi connectivity index (χ0n) is 10.8. The molecule has 0 saturated heterocycles. The molecular weight excluding hydrogens is 336 g/mol. The molecule has 0 aromatic carbocycles. The Balaban J connectivity index is 6.11. The maximum absolute atomic E-state index is 11.7. The van der Waals surface area contributed by atoms with Gasteiger partial charge in [-0.1, -0.05) is 0 Å². The number of carboxylic acid groups (broad SMARTS) is 1. The smallest absolute Gasteiger partial charge is 0.449 e. The zero-order chi connectivity index (χ0) is 16.4. The maximum atomic E-state index is 11.7. The molecular formula is C8H14O9S3. The third kappa shape index (κ3) is 3.70. The lowest BCUT2D eigenvalue weighted by atomic mass is 10.5. The molecule has 0 rings (SSSR count). The van der Waals surface area contributed by atoms with Crippen molar-refractivity contribution in [2.45, 2.75) is 9.83 Å². The molecule has 0 saturated carbocycles. The van der Waals surface area contributed by atoms with Gasteiger partial charge in [-0.25, -0.2) is 30.0 Å². The Morgan fingerprint density at radius 1 is 1.00 bits per heavy atom. The van der Waals surface area contributed by atoms with Gasteiger partial charge < -0.3 is 9.84 Å². The van der Waals surface area contributed by atoms with Crippen LogP contribution in [0.5, 0.6) is 0 Å². The Bertz CT molecular complexity index is 630. The SMILES string of the molecule is CS(=O)(=O)C(CC=COC(=O)O)(S(C)(=O)=O)S(C)(=O)=O. The summed E-state index contributed by atoms with van der Waals surface area (Å²) in [5, 5.41) is 8.19. The third-order valence-electron chi connectivity index (χ3n) is 2.33. The highest BCUT2D eigenvalue weighted by Crippen LogP contribution is 2.33. The van der Waals surface area contributed by atoms with Crippen LogP contribution in [0.15, 0.2) is 12.3 Å². The topological polar surface area (TPSA) is 149 Å². The third-order valence-corrected chi connectivity index (χ3v) is 11.7. The second kappa shape index (κ2) is 5.69. The Kier molecular flexibility index (Phi) is 5.37. The van der Waals surface area contributed by atoms with Crippen molar-refractivity contribution in [3.05, 3.63) is 12.3 Å². The molecule has 0 spiro atoms.